The number of nitrogens with zero attached hydrogens (tertiary/aromatic N) is 4. The molecule has 0 amide bonds. The summed E-state index contributed by atoms with van der Waals surface area (Å²) in [5.74, 6) is 1.89. The van der Waals surface area contributed by atoms with Gasteiger partial charge < -0.3 is 15.1 Å². The van der Waals surface area contributed by atoms with Gasteiger partial charge in [-0.1, -0.05) is 6.92 Å². The molecule has 2 N–H and O–H groups in total. The molecule has 0 saturated carbocycles. The SMILES string of the molecule is CSCC1(C)CCN(n2c(CO)nc3cnc4[nH]ccc4c32)CC1. The Morgan fingerprint density at radius 3 is 2.88 bits per heavy atom. The maximum absolute atomic E-state index is 9.82. The second kappa shape index (κ2) is 5.97. The van der Waals surface area contributed by atoms with Crippen molar-refractivity contribution in [2.24, 2.45) is 5.41 Å². The van der Waals surface area contributed by atoms with Crippen molar-refractivity contribution in [2.45, 2.75) is 26.4 Å². The number of aromatic amines is 1. The molecule has 4 heterocycles. The third-order valence-electron chi connectivity index (χ3n) is 5.11. The van der Waals surface area contributed by atoms with E-state index in [4.69, 9.17) is 0 Å². The molecule has 1 aliphatic heterocycles. The van der Waals surface area contributed by atoms with Gasteiger partial charge in [-0.25, -0.2) is 14.6 Å². The molecule has 128 valence electrons. The van der Waals surface area contributed by atoms with Crippen LogP contribution in [0.25, 0.3) is 22.1 Å². The summed E-state index contributed by atoms with van der Waals surface area (Å²) in [6.45, 7) is 4.26. The Morgan fingerprint density at radius 2 is 2.17 bits per heavy atom. The second-order valence-corrected chi connectivity index (χ2v) is 7.79. The first-order valence-corrected chi connectivity index (χ1v) is 9.73. The Morgan fingerprint density at radius 1 is 1.38 bits per heavy atom. The Kier molecular flexibility index (Phi) is 3.92. The molecule has 0 bridgehead atoms. The van der Waals surface area contributed by atoms with Crippen molar-refractivity contribution in [2.75, 3.05) is 30.1 Å². The first-order chi connectivity index (χ1) is 11.6. The van der Waals surface area contributed by atoms with E-state index in [1.807, 2.05) is 24.0 Å². The summed E-state index contributed by atoms with van der Waals surface area (Å²) in [4.78, 5) is 12.2. The average Bonchev–Trinajstić information content (AvgIpc) is 3.18. The van der Waals surface area contributed by atoms with Crippen LogP contribution in [0.15, 0.2) is 18.5 Å². The van der Waals surface area contributed by atoms with Crippen LogP contribution in [0.1, 0.15) is 25.6 Å². The highest BCUT2D eigenvalue weighted by Crippen LogP contribution is 2.34. The number of fused-ring (bicyclic) bond motifs is 3. The number of imidazole rings is 1. The van der Waals surface area contributed by atoms with Crippen molar-refractivity contribution in [3.05, 3.63) is 24.3 Å². The molecule has 3 aromatic rings. The molecule has 1 saturated heterocycles. The first-order valence-electron chi connectivity index (χ1n) is 8.34. The van der Waals surface area contributed by atoms with Gasteiger partial charge >= 0.3 is 0 Å². The van der Waals surface area contributed by atoms with Gasteiger partial charge in [-0.15, -0.1) is 0 Å². The lowest BCUT2D eigenvalue weighted by atomic mass is 9.83. The number of pyridine rings is 1. The fraction of sp³-hybridized carbons (Fsp3) is 0.529. The van der Waals surface area contributed by atoms with Crippen LogP contribution in [0.5, 0.6) is 0 Å². The number of aliphatic hydroxyl groups is 1. The zero-order valence-corrected chi connectivity index (χ0v) is 14.9. The monoisotopic (exact) mass is 345 g/mol. The molecule has 1 fully saturated rings. The predicted octanol–water partition coefficient (Wildman–Crippen LogP) is 2.51. The van der Waals surface area contributed by atoms with E-state index < -0.39 is 0 Å². The van der Waals surface area contributed by atoms with Gasteiger partial charge in [0.2, 0.25) is 0 Å². The van der Waals surface area contributed by atoms with Crippen LogP contribution in [0, 0.1) is 5.41 Å². The lowest BCUT2D eigenvalue weighted by molar-refractivity contribution is 0.244. The van der Waals surface area contributed by atoms with E-state index in [0.29, 0.717) is 11.2 Å². The summed E-state index contributed by atoms with van der Waals surface area (Å²) in [6.07, 6.45) is 8.17. The highest BCUT2D eigenvalue weighted by Gasteiger charge is 2.31. The van der Waals surface area contributed by atoms with Gasteiger partial charge in [0.05, 0.1) is 6.20 Å². The number of H-pyrrole nitrogens is 1. The lowest BCUT2D eigenvalue weighted by Crippen LogP contribution is -2.46. The van der Waals surface area contributed by atoms with Crippen LogP contribution >= 0.6 is 11.8 Å². The Bertz CT molecular complexity index is 862. The fourth-order valence-electron chi connectivity index (χ4n) is 3.74. The molecule has 4 rings (SSSR count). The van der Waals surface area contributed by atoms with Gasteiger partial charge in [0.15, 0.2) is 5.82 Å². The molecule has 0 aliphatic carbocycles. The van der Waals surface area contributed by atoms with Crippen LogP contribution in [0.2, 0.25) is 0 Å². The van der Waals surface area contributed by atoms with E-state index in [2.05, 4.69) is 37.8 Å². The van der Waals surface area contributed by atoms with Gasteiger partial charge in [0.25, 0.3) is 0 Å². The van der Waals surface area contributed by atoms with Crippen LogP contribution in [-0.2, 0) is 6.61 Å². The highest BCUT2D eigenvalue weighted by molar-refractivity contribution is 7.98. The molecule has 7 heteroatoms. The number of hydrogen-bond acceptors (Lipinski definition) is 5. The summed E-state index contributed by atoms with van der Waals surface area (Å²) >= 11 is 1.93. The normalized spacial score (nSPS) is 17.9. The van der Waals surface area contributed by atoms with E-state index in [9.17, 15) is 5.11 Å². The number of thioether (sulfide) groups is 1. The standard InChI is InChI=1S/C17H23N5OS/c1-17(11-24-2)4-7-21(8-5-17)22-14(10-23)20-13-9-19-16-12(15(13)22)3-6-18-16/h3,6,9,23H,4-5,7-8,10-11H2,1-2H3,(H,18,19). The molecule has 24 heavy (non-hydrogen) atoms. The Balaban J connectivity index is 1.77. The number of hydrogen-bond donors (Lipinski definition) is 2. The number of aliphatic hydroxyl groups excluding tert-OH is 1. The third kappa shape index (κ3) is 2.46. The van der Waals surface area contributed by atoms with Crippen LogP contribution in [0.4, 0.5) is 0 Å². The van der Waals surface area contributed by atoms with Gasteiger partial charge in [-0.05, 0) is 36.3 Å². The van der Waals surface area contributed by atoms with E-state index in [-0.39, 0.29) is 6.61 Å². The Labute approximate surface area is 145 Å². The molecule has 6 nitrogen and oxygen atoms in total. The van der Waals surface area contributed by atoms with E-state index in [0.717, 1.165) is 48.0 Å². The molecule has 0 unspecified atom stereocenters. The molecule has 0 spiro atoms. The quantitative estimate of drug-likeness (QED) is 0.760. The van der Waals surface area contributed by atoms with E-state index in [1.54, 1.807) is 6.20 Å². The second-order valence-electron chi connectivity index (χ2n) is 6.93. The number of nitrogens with one attached hydrogen (secondary N) is 1. The summed E-state index contributed by atoms with van der Waals surface area (Å²) < 4.78 is 2.12. The third-order valence-corrected chi connectivity index (χ3v) is 6.09. The van der Waals surface area contributed by atoms with Crippen molar-refractivity contribution >= 4 is 33.8 Å². The summed E-state index contributed by atoms with van der Waals surface area (Å²) in [7, 11) is 0. The fourth-order valence-corrected chi connectivity index (χ4v) is 4.72. The topological polar surface area (TPSA) is 70.0 Å². The van der Waals surface area contributed by atoms with E-state index in [1.165, 1.54) is 5.75 Å². The van der Waals surface area contributed by atoms with Crippen molar-refractivity contribution in [1.82, 2.24) is 19.6 Å². The molecule has 1 aliphatic rings. The van der Waals surface area contributed by atoms with Crippen molar-refractivity contribution in [3.63, 3.8) is 0 Å². The van der Waals surface area contributed by atoms with Gasteiger partial charge in [0, 0.05) is 24.7 Å². The van der Waals surface area contributed by atoms with Gasteiger partial charge in [0.1, 0.15) is 23.3 Å². The zero-order valence-electron chi connectivity index (χ0n) is 14.1. The summed E-state index contributed by atoms with van der Waals surface area (Å²) in [6, 6.07) is 2.03. The molecule has 0 aromatic carbocycles. The molecule has 3 aromatic heterocycles. The number of rotatable bonds is 4. The van der Waals surface area contributed by atoms with Crippen LogP contribution < -0.4 is 5.01 Å². The summed E-state index contributed by atoms with van der Waals surface area (Å²) in [5, 5.41) is 13.2. The molecule has 0 radical (unpaired) electrons. The summed E-state index contributed by atoms with van der Waals surface area (Å²) in [5.41, 5.74) is 3.14. The maximum atomic E-state index is 9.82. The largest absolute Gasteiger partial charge is 0.388 e. The first kappa shape index (κ1) is 15.8. The minimum atomic E-state index is -0.0703. The average molecular weight is 345 g/mol. The minimum Gasteiger partial charge on any atom is -0.388 e. The van der Waals surface area contributed by atoms with Gasteiger partial charge in [-0.3, -0.25) is 0 Å². The highest BCUT2D eigenvalue weighted by atomic mass is 32.2. The van der Waals surface area contributed by atoms with Crippen LogP contribution in [0.3, 0.4) is 0 Å². The number of aromatic nitrogens is 4. The smallest absolute Gasteiger partial charge is 0.154 e. The van der Waals surface area contributed by atoms with Crippen LogP contribution in [-0.4, -0.2) is 49.8 Å². The lowest BCUT2D eigenvalue weighted by Gasteiger charge is -2.41. The van der Waals surface area contributed by atoms with Crippen molar-refractivity contribution in [1.29, 1.82) is 0 Å². The molecular formula is C17H23N5OS. The van der Waals surface area contributed by atoms with Crippen molar-refractivity contribution < 1.29 is 5.11 Å². The number of piperidine rings is 1. The minimum absolute atomic E-state index is 0.0703. The Hall–Kier alpha value is -1.73. The van der Waals surface area contributed by atoms with Gasteiger partial charge in [-0.2, -0.15) is 11.8 Å². The maximum Gasteiger partial charge on any atom is 0.154 e. The van der Waals surface area contributed by atoms with E-state index >= 15 is 0 Å². The molecular weight excluding hydrogens is 322 g/mol. The zero-order chi connectivity index (χ0) is 16.7. The molecule has 0 atom stereocenters. The van der Waals surface area contributed by atoms with Crippen molar-refractivity contribution in [3.8, 4) is 0 Å². The predicted molar refractivity (Wildman–Crippen MR) is 99.0 cm³/mol.